The zero-order valence-electron chi connectivity index (χ0n) is 7.05. The summed E-state index contributed by atoms with van der Waals surface area (Å²) in [5.41, 5.74) is -5.39. The van der Waals surface area contributed by atoms with Crippen LogP contribution in [0.4, 0.5) is 18.9 Å². The first-order valence-electron chi connectivity index (χ1n) is 3.57. The number of alkyl halides is 3. The summed E-state index contributed by atoms with van der Waals surface area (Å²) in [7, 11) is -5.33. The second kappa shape index (κ2) is 4.16. The number of para-hydroxylation sites is 1. The molecular formula is C7H5F3INO2S. The lowest BCUT2D eigenvalue weighted by Crippen LogP contribution is -2.30. The molecule has 0 aliphatic heterocycles. The molecule has 0 heterocycles. The first kappa shape index (κ1) is 12.6. The van der Waals surface area contributed by atoms with Gasteiger partial charge in [-0.3, -0.25) is 4.72 Å². The van der Waals surface area contributed by atoms with Crippen molar-refractivity contribution < 1.29 is 21.6 Å². The highest BCUT2D eigenvalue weighted by Gasteiger charge is 2.46. The van der Waals surface area contributed by atoms with Crippen LogP contribution >= 0.6 is 22.6 Å². The number of rotatable bonds is 2. The van der Waals surface area contributed by atoms with Gasteiger partial charge in [0, 0.05) is 3.57 Å². The minimum Gasteiger partial charge on any atom is -0.275 e. The minimum atomic E-state index is -5.33. The number of hydrogen-bond donors (Lipinski definition) is 1. The van der Waals surface area contributed by atoms with Gasteiger partial charge in [-0.2, -0.15) is 21.6 Å². The Kier molecular flexibility index (Phi) is 3.48. The lowest BCUT2D eigenvalue weighted by Gasteiger charge is -2.11. The fraction of sp³-hybridized carbons (Fsp3) is 0.143. The van der Waals surface area contributed by atoms with Crippen molar-refractivity contribution in [3.8, 4) is 0 Å². The lowest BCUT2D eigenvalue weighted by molar-refractivity contribution is -0.0429. The van der Waals surface area contributed by atoms with E-state index in [0.717, 1.165) is 0 Å². The van der Waals surface area contributed by atoms with Gasteiger partial charge < -0.3 is 0 Å². The second-order valence-electron chi connectivity index (χ2n) is 2.53. The van der Waals surface area contributed by atoms with E-state index in [0.29, 0.717) is 3.57 Å². The zero-order valence-corrected chi connectivity index (χ0v) is 10.0. The van der Waals surface area contributed by atoms with Crippen molar-refractivity contribution in [2.75, 3.05) is 4.72 Å². The number of sulfonamides is 1. The van der Waals surface area contributed by atoms with E-state index in [1.807, 2.05) is 0 Å². The molecule has 0 saturated carbocycles. The molecule has 0 fully saturated rings. The van der Waals surface area contributed by atoms with E-state index < -0.39 is 15.5 Å². The maximum atomic E-state index is 12.0. The highest BCUT2D eigenvalue weighted by Crippen LogP contribution is 2.27. The number of anilines is 1. The molecule has 0 spiro atoms. The Labute approximate surface area is 97.9 Å². The molecule has 0 aromatic heterocycles. The Morgan fingerprint density at radius 3 is 2.20 bits per heavy atom. The molecule has 1 aromatic rings. The highest BCUT2D eigenvalue weighted by atomic mass is 127. The van der Waals surface area contributed by atoms with Crippen LogP contribution in [0.3, 0.4) is 0 Å². The van der Waals surface area contributed by atoms with E-state index in [-0.39, 0.29) is 5.69 Å². The van der Waals surface area contributed by atoms with Crippen molar-refractivity contribution in [2.24, 2.45) is 0 Å². The summed E-state index contributed by atoms with van der Waals surface area (Å²) >= 11 is 1.73. The van der Waals surface area contributed by atoms with Gasteiger partial charge in [0.25, 0.3) is 0 Å². The van der Waals surface area contributed by atoms with Crippen molar-refractivity contribution in [1.82, 2.24) is 0 Å². The van der Waals surface area contributed by atoms with Gasteiger partial charge in [-0.15, -0.1) is 0 Å². The maximum absolute atomic E-state index is 12.0. The molecule has 0 aliphatic carbocycles. The van der Waals surface area contributed by atoms with Crippen LogP contribution in [0.5, 0.6) is 0 Å². The van der Waals surface area contributed by atoms with Gasteiger partial charge in [0.15, 0.2) is 0 Å². The van der Waals surface area contributed by atoms with E-state index in [4.69, 9.17) is 0 Å². The Hall–Kier alpha value is -0.510. The van der Waals surface area contributed by atoms with Crippen molar-refractivity contribution >= 4 is 38.3 Å². The number of hydrogen-bond acceptors (Lipinski definition) is 2. The molecule has 0 saturated heterocycles. The SMILES string of the molecule is O=S(=O)(Nc1ccccc1I)C(F)(F)F. The molecule has 0 amide bonds. The van der Waals surface area contributed by atoms with Crippen molar-refractivity contribution in [3.63, 3.8) is 0 Å². The quantitative estimate of drug-likeness (QED) is 0.833. The van der Waals surface area contributed by atoms with Crippen LogP contribution in [0.1, 0.15) is 0 Å². The Morgan fingerprint density at radius 1 is 1.20 bits per heavy atom. The van der Waals surface area contributed by atoms with Crippen LogP contribution in [-0.4, -0.2) is 13.9 Å². The molecule has 1 aromatic carbocycles. The maximum Gasteiger partial charge on any atom is 0.516 e. The molecule has 15 heavy (non-hydrogen) atoms. The summed E-state index contributed by atoms with van der Waals surface area (Å²) in [4.78, 5) is 0. The molecular weight excluding hydrogens is 346 g/mol. The third kappa shape index (κ3) is 2.97. The van der Waals surface area contributed by atoms with Gasteiger partial charge in [0.05, 0.1) is 5.69 Å². The summed E-state index contributed by atoms with van der Waals surface area (Å²) in [5, 5.41) is 0. The van der Waals surface area contributed by atoms with Crippen LogP contribution in [0, 0.1) is 3.57 Å². The molecule has 0 radical (unpaired) electrons. The standard InChI is InChI=1S/C7H5F3INO2S/c8-7(9,10)15(13,14)12-6-4-2-1-3-5(6)11/h1-4,12H. The van der Waals surface area contributed by atoms with Gasteiger partial charge in [0.1, 0.15) is 0 Å². The average Bonchev–Trinajstić information content (AvgIpc) is 2.06. The molecule has 0 atom stereocenters. The Balaban J connectivity index is 3.03. The fourth-order valence-electron chi connectivity index (χ4n) is 0.747. The molecule has 3 nitrogen and oxygen atoms in total. The predicted octanol–water partition coefficient (Wildman–Crippen LogP) is 2.55. The lowest BCUT2D eigenvalue weighted by atomic mass is 10.3. The topological polar surface area (TPSA) is 46.2 Å². The van der Waals surface area contributed by atoms with E-state index in [1.165, 1.54) is 22.9 Å². The fourth-order valence-corrected chi connectivity index (χ4v) is 2.04. The molecule has 0 bridgehead atoms. The first-order chi connectivity index (χ1) is 6.74. The average molecular weight is 351 g/mol. The van der Waals surface area contributed by atoms with Gasteiger partial charge in [-0.05, 0) is 34.7 Å². The highest BCUT2D eigenvalue weighted by molar-refractivity contribution is 14.1. The second-order valence-corrected chi connectivity index (χ2v) is 5.37. The van der Waals surface area contributed by atoms with Gasteiger partial charge in [-0.25, -0.2) is 0 Å². The van der Waals surface area contributed by atoms with Gasteiger partial charge >= 0.3 is 15.5 Å². The molecule has 84 valence electrons. The van der Waals surface area contributed by atoms with Crippen LogP contribution in [0.25, 0.3) is 0 Å². The van der Waals surface area contributed by atoms with Crippen LogP contribution in [0.2, 0.25) is 0 Å². The largest absolute Gasteiger partial charge is 0.516 e. The summed E-state index contributed by atoms with van der Waals surface area (Å²) in [5.74, 6) is 0. The summed E-state index contributed by atoms with van der Waals surface area (Å²) in [6.07, 6.45) is 0. The molecule has 8 heteroatoms. The third-order valence-electron chi connectivity index (χ3n) is 1.42. The van der Waals surface area contributed by atoms with E-state index in [9.17, 15) is 21.6 Å². The number of benzene rings is 1. The van der Waals surface area contributed by atoms with E-state index >= 15 is 0 Å². The summed E-state index contributed by atoms with van der Waals surface area (Å²) in [6.45, 7) is 0. The summed E-state index contributed by atoms with van der Waals surface area (Å²) < 4.78 is 59.3. The van der Waals surface area contributed by atoms with Crippen molar-refractivity contribution in [3.05, 3.63) is 27.8 Å². The van der Waals surface area contributed by atoms with E-state index in [1.54, 1.807) is 28.7 Å². The molecule has 0 aliphatic rings. The van der Waals surface area contributed by atoms with Crippen LogP contribution in [0.15, 0.2) is 24.3 Å². The summed E-state index contributed by atoms with van der Waals surface area (Å²) in [6, 6.07) is 5.78. The Bertz CT molecular complexity index is 458. The minimum absolute atomic E-state index is 0.0876. The Morgan fingerprint density at radius 2 is 1.73 bits per heavy atom. The number of nitrogens with one attached hydrogen (secondary N) is 1. The molecule has 0 unspecified atom stereocenters. The zero-order chi connectivity index (χ0) is 11.7. The van der Waals surface area contributed by atoms with Crippen LogP contribution < -0.4 is 4.72 Å². The van der Waals surface area contributed by atoms with Crippen LogP contribution in [-0.2, 0) is 10.0 Å². The van der Waals surface area contributed by atoms with Gasteiger partial charge in [0.2, 0.25) is 0 Å². The van der Waals surface area contributed by atoms with Gasteiger partial charge in [-0.1, -0.05) is 12.1 Å². The monoisotopic (exact) mass is 351 g/mol. The molecule has 1 rings (SSSR count). The first-order valence-corrected chi connectivity index (χ1v) is 6.14. The van der Waals surface area contributed by atoms with Crippen molar-refractivity contribution in [1.29, 1.82) is 0 Å². The smallest absolute Gasteiger partial charge is 0.275 e. The third-order valence-corrected chi connectivity index (χ3v) is 3.46. The predicted molar refractivity (Wildman–Crippen MR) is 57.8 cm³/mol. The normalized spacial score (nSPS) is 12.5. The van der Waals surface area contributed by atoms with E-state index in [2.05, 4.69) is 0 Å². The van der Waals surface area contributed by atoms with Crippen molar-refractivity contribution in [2.45, 2.75) is 5.51 Å². The molecule has 1 N–H and O–H groups in total. The number of halogens is 4.